The van der Waals surface area contributed by atoms with Crippen LogP contribution in [0, 0.1) is 21.8 Å². The van der Waals surface area contributed by atoms with Gasteiger partial charge in [0.05, 0.1) is 13.6 Å². The molecule has 156 valence electrons. The van der Waals surface area contributed by atoms with Gasteiger partial charge in [0.15, 0.2) is 0 Å². The lowest BCUT2D eigenvalue weighted by Gasteiger charge is -2.10. The van der Waals surface area contributed by atoms with Gasteiger partial charge in [-0.3, -0.25) is 4.79 Å². The quantitative estimate of drug-likeness (QED) is 0.199. The number of benzene rings is 3. The van der Waals surface area contributed by atoms with Gasteiger partial charge in [0.2, 0.25) is 0 Å². The van der Waals surface area contributed by atoms with E-state index in [0.29, 0.717) is 27.9 Å². The molecular weight excluding hydrogens is 546 g/mol. The second kappa shape index (κ2) is 10.7. The molecule has 0 heterocycles. The molecule has 0 saturated carbocycles. The Morgan fingerprint density at radius 2 is 1.84 bits per heavy atom. The summed E-state index contributed by atoms with van der Waals surface area (Å²) in [6.07, 6.45) is 1.53. The van der Waals surface area contributed by atoms with Crippen molar-refractivity contribution >= 4 is 63.5 Å². The van der Waals surface area contributed by atoms with Crippen LogP contribution in [0.3, 0.4) is 0 Å². The SMILES string of the molecule is Cc1ccc(COc2ccc(/C=C(\C#N)C(=O)Nc3ccc(Cl)c(Cl)c3)cc2I)cc1. The number of ether oxygens (including phenoxy) is 1. The fraction of sp³-hybridized carbons (Fsp3) is 0.0833. The van der Waals surface area contributed by atoms with Crippen molar-refractivity contribution in [2.24, 2.45) is 0 Å². The number of nitrogens with zero attached hydrogens (tertiary/aromatic N) is 1. The van der Waals surface area contributed by atoms with Crippen molar-refractivity contribution in [1.29, 1.82) is 5.26 Å². The van der Waals surface area contributed by atoms with E-state index < -0.39 is 5.91 Å². The van der Waals surface area contributed by atoms with Crippen LogP contribution in [-0.4, -0.2) is 5.91 Å². The highest BCUT2D eigenvalue weighted by molar-refractivity contribution is 14.1. The molecule has 0 aliphatic carbocycles. The van der Waals surface area contributed by atoms with Gasteiger partial charge in [0.25, 0.3) is 5.91 Å². The molecule has 31 heavy (non-hydrogen) atoms. The molecule has 0 aliphatic heterocycles. The van der Waals surface area contributed by atoms with Crippen LogP contribution >= 0.6 is 45.8 Å². The molecule has 0 fully saturated rings. The number of carbonyl (C=O) groups is 1. The van der Waals surface area contributed by atoms with Crippen molar-refractivity contribution in [2.75, 3.05) is 5.32 Å². The first-order valence-corrected chi connectivity index (χ1v) is 11.1. The number of carbonyl (C=O) groups excluding carboxylic acids is 1. The zero-order valence-electron chi connectivity index (χ0n) is 16.5. The first kappa shape index (κ1) is 23.1. The average Bonchev–Trinajstić information content (AvgIpc) is 2.75. The molecule has 3 aromatic carbocycles. The third-order valence-corrected chi connectivity index (χ3v) is 5.91. The fourth-order valence-corrected chi connectivity index (χ4v) is 3.65. The number of aryl methyl sites for hydroxylation is 1. The van der Waals surface area contributed by atoms with E-state index in [1.54, 1.807) is 18.2 Å². The average molecular weight is 563 g/mol. The Labute approximate surface area is 204 Å². The van der Waals surface area contributed by atoms with Crippen LogP contribution in [0.4, 0.5) is 5.69 Å². The van der Waals surface area contributed by atoms with Crippen LogP contribution in [0.5, 0.6) is 5.75 Å². The summed E-state index contributed by atoms with van der Waals surface area (Å²) in [5.74, 6) is 0.202. The van der Waals surface area contributed by atoms with Crippen LogP contribution in [0.25, 0.3) is 6.08 Å². The van der Waals surface area contributed by atoms with Gasteiger partial charge >= 0.3 is 0 Å². The Hall–Kier alpha value is -2.53. The number of anilines is 1. The monoisotopic (exact) mass is 562 g/mol. The summed E-state index contributed by atoms with van der Waals surface area (Å²) in [7, 11) is 0. The van der Waals surface area contributed by atoms with E-state index >= 15 is 0 Å². The van der Waals surface area contributed by atoms with Gasteiger partial charge in [0, 0.05) is 5.69 Å². The lowest BCUT2D eigenvalue weighted by molar-refractivity contribution is -0.112. The fourth-order valence-electron chi connectivity index (χ4n) is 2.66. The zero-order chi connectivity index (χ0) is 22.4. The molecule has 0 bridgehead atoms. The summed E-state index contributed by atoms with van der Waals surface area (Å²) in [5.41, 5.74) is 3.42. The number of hydrogen-bond donors (Lipinski definition) is 1. The maximum Gasteiger partial charge on any atom is 0.266 e. The van der Waals surface area contributed by atoms with Crippen LogP contribution in [0.15, 0.2) is 66.2 Å². The minimum atomic E-state index is -0.532. The van der Waals surface area contributed by atoms with E-state index in [1.807, 2.05) is 49.4 Å². The van der Waals surface area contributed by atoms with Crippen LogP contribution in [0.1, 0.15) is 16.7 Å². The molecule has 3 rings (SSSR count). The third-order valence-electron chi connectivity index (χ3n) is 4.32. The minimum Gasteiger partial charge on any atom is -0.488 e. The van der Waals surface area contributed by atoms with E-state index in [4.69, 9.17) is 27.9 Å². The van der Waals surface area contributed by atoms with Gasteiger partial charge in [0.1, 0.15) is 24.0 Å². The summed E-state index contributed by atoms with van der Waals surface area (Å²) >= 11 is 14.0. The smallest absolute Gasteiger partial charge is 0.266 e. The standard InChI is InChI=1S/C24H17Cl2IN2O2/c1-15-2-4-16(5-3-15)14-31-23-9-6-17(11-22(23)27)10-18(13-28)24(30)29-19-7-8-20(25)21(26)12-19/h2-12H,14H2,1H3,(H,29,30)/b18-10+. The first-order chi connectivity index (χ1) is 14.9. The first-order valence-electron chi connectivity index (χ1n) is 9.22. The normalized spacial score (nSPS) is 11.0. The minimum absolute atomic E-state index is 0.0322. The maximum absolute atomic E-state index is 12.5. The molecule has 0 radical (unpaired) electrons. The summed E-state index contributed by atoms with van der Waals surface area (Å²) in [6, 6.07) is 20.3. The Morgan fingerprint density at radius 1 is 1.10 bits per heavy atom. The highest BCUT2D eigenvalue weighted by Crippen LogP contribution is 2.26. The molecule has 0 spiro atoms. The second-order valence-corrected chi connectivity index (χ2v) is 8.69. The molecule has 0 saturated heterocycles. The zero-order valence-corrected chi connectivity index (χ0v) is 20.1. The molecule has 7 heteroatoms. The van der Waals surface area contributed by atoms with Crippen molar-refractivity contribution in [3.05, 3.63) is 96.5 Å². The van der Waals surface area contributed by atoms with Gasteiger partial charge in [-0.1, -0.05) is 59.1 Å². The van der Waals surface area contributed by atoms with E-state index in [1.165, 1.54) is 17.7 Å². The molecule has 1 amide bonds. The van der Waals surface area contributed by atoms with Crippen molar-refractivity contribution in [2.45, 2.75) is 13.5 Å². The number of amides is 1. The largest absolute Gasteiger partial charge is 0.488 e. The predicted octanol–water partition coefficient (Wildman–Crippen LogP) is 7.03. The number of halogens is 3. The van der Waals surface area contributed by atoms with E-state index in [2.05, 4.69) is 27.9 Å². The lowest BCUT2D eigenvalue weighted by atomic mass is 10.1. The summed E-state index contributed by atoms with van der Waals surface area (Å²) < 4.78 is 6.78. The topological polar surface area (TPSA) is 62.1 Å². The number of nitrogens with one attached hydrogen (secondary N) is 1. The van der Waals surface area contributed by atoms with Gasteiger partial charge < -0.3 is 10.1 Å². The van der Waals surface area contributed by atoms with Gasteiger partial charge in [-0.15, -0.1) is 0 Å². The van der Waals surface area contributed by atoms with Gasteiger partial charge in [-0.05, 0) is 77.0 Å². The molecule has 1 N–H and O–H groups in total. The number of nitriles is 1. The highest BCUT2D eigenvalue weighted by atomic mass is 127. The Kier molecular flexibility index (Phi) is 7.97. The molecule has 0 unspecified atom stereocenters. The van der Waals surface area contributed by atoms with Crippen molar-refractivity contribution in [3.63, 3.8) is 0 Å². The molecule has 4 nitrogen and oxygen atoms in total. The van der Waals surface area contributed by atoms with Crippen molar-refractivity contribution in [1.82, 2.24) is 0 Å². The van der Waals surface area contributed by atoms with Crippen molar-refractivity contribution in [3.8, 4) is 11.8 Å². The summed E-state index contributed by atoms with van der Waals surface area (Å²) in [6.45, 7) is 2.50. The van der Waals surface area contributed by atoms with Crippen LogP contribution in [0.2, 0.25) is 10.0 Å². The predicted molar refractivity (Wildman–Crippen MR) is 133 cm³/mol. The molecule has 0 aromatic heterocycles. The maximum atomic E-state index is 12.5. The second-order valence-electron chi connectivity index (χ2n) is 6.72. The molecule has 0 atom stereocenters. The van der Waals surface area contributed by atoms with E-state index in [0.717, 1.165) is 14.9 Å². The number of rotatable bonds is 6. The van der Waals surface area contributed by atoms with E-state index in [-0.39, 0.29) is 5.57 Å². The highest BCUT2D eigenvalue weighted by Gasteiger charge is 2.11. The molecule has 0 aliphatic rings. The molecule has 3 aromatic rings. The van der Waals surface area contributed by atoms with Crippen LogP contribution in [-0.2, 0) is 11.4 Å². The number of hydrogen-bond acceptors (Lipinski definition) is 3. The third kappa shape index (κ3) is 6.47. The lowest BCUT2D eigenvalue weighted by Crippen LogP contribution is -2.13. The molecular formula is C24H17Cl2IN2O2. The Balaban J connectivity index is 1.70. The summed E-state index contributed by atoms with van der Waals surface area (Å²) in [4.78, 5) is 12.5. The Bertz CT molecular complexity index is 1190. The van der Waals surface area contributed by atoms with Gasteiger partial charge in [-0.25, -0.2) is 0 Å². The van der Waals surface area contributed by atoms with Gasteiger partial charge in [-0.2, -0.15) is 5.26 Å². The van der Waals surface area contributed by atoms with E-state index in [9.17, 15) is 10.1 Å². The van der Waals surface area contributed by atoms with Crippen molar-refractivity contribution < 1.29 is 9.53 Å². The Morgan fingerprint density at radius 3 is 2.48 bits per heavy atom. The summed E-state index contributed by atoms with van der Waals surface area (Å²) in [5, 5.41) is 12.8. The van der Waals surface area contributed by atoms with Crippen LogP contribution < -0.4 is 10.1 Å².